The van der Waals surface area contributed by atoms with E-state index in [0.717, 1.165) is 58.5 Å². The molecule has 1 aromatic heterocycles. The monoisotopic (exact) mass is 710 g/mol. The quantitative estimate of drug-likeness (QED) is 0.276. The SMILES string of the molecule is CC(C)(C)[C@H](NC(=O)O[C@@H]1CC2=C[C@@H]2C1)C(=O)N1CC(Oc2cc(NC3CC3)nc3c(Cl)c(OCCN4CCOCC4)ccc23)C[C@H]1C(N)=O. The van der Waals surface area contributed by atoms with Crippen molar-refractivity contribution in [3.63, 3.8) is 0 Å². The van der Waals surface area contributed by atoms with E-state index in [2.05, 4.69) is 21.6 Å². The molecule has 3 aliphatic carbocycles. The summed E-state index contributed by atoms with van der Waals surface area (Å²) < 4.78 is 23.8. The van der Waals surface area contributed by atoms with Gasteiger partial charge in [0, 0.05) is 55.9 Å². The number of nitrogens with one attached hydrogen (secondary N) is 2. The number of nitrogens with two attached hydrogens (primary N) is 1. The molecule has 2 aliphatic heterocycles. The molecule has 5 aliphatic rings. The van der Waals surface area contributed by atoms with Crippen LogP contribution < -0.4 is 25.8 Å². The number of hydrogen-bond acceptors (Lipinski definition) is 10. The molecule has 2 saturated carbocycles. The molecule has 7 rings (SSSR count). The first-order valence-corrected chi connectivity index (χ1v) is 18.1. The standard InChI is InChI=1S/C36H47ClN6O7/c1-36(2,3)32(41-35(46)50-23-15-20-14-21(20)16-23)34(45)43-19-24(17-26(43)33(38)44)49-28-18-29(39-22-4-5-22)40-31-25(28)6-7-27(30(31)37)48-13-10-42-8-11-47-12-9-42/h6-7,14,18,20,22-24,26,32H,4-5,8-13,15-17,19H2,1-3H3,(H2,38,44)(H,39,40)(H,41,46)/t20-,23+,24?,26+,32-/m1/s1. The summed E-state index contributed by atoms with van der Waals surface area (Å²) in [7, 11) is 0. The smallest absolute Gasteiger partial charge is 0.408 e. The normalized spacial score (nSPS) is 25.4. The predicted octanol–water partition coefficient (Wildman–Crippen LogP) is 3.87. The van der Waals surface area contributed by atoms with Crippen molar-refractivity contribution in [2.24, 2.45) is 17.1 Å². The molecular formula is C36H47ClN6O7. The van der Waals surface area contributed by atoms with Gasteiger partial charge in [0.15, 0.2) is 0 Å². The zero-order valence-corrected chi connectivity index (χ0v) is 29.7. The summed E-state index contributed by atoms with van der Waals surface area (Å²) in [5.41, 5.74) is 7.03. The molecule has 0 spiro atoms. The number of allylic oxidation sites excluding steroid dienone is 1. The maximum absolute atomic E-state index is 14.1. The summed E-state index contributed by atoms with van der Waals surface area (Å²) in [6.45, 7) is 10.1. The lowest BCUT2D eigenvalue weighted by Crippen LogP contribution is -2.57. The lowest BCUT2D eigenvalue weighted by Gasteiger charge is -2.35. The third-order valence-electron chi connectivity index (χ3n) is 10.1. The summed E-state index contributed by atoms with van der Waals surface area (Å²) in [4.78, 5) is 48.4. The largest absolute Gasteiger partial charge is 0.491 e. The molecule has 3 amide bonds. The van der Waals surface area contributed by atoms with Gasteiger partial charge in [-0.2, -0.15) is 0 Å². The molecule has 1 unspecified atom stereocenters. The number of rotatable bonds is 12. The van der Waals surface area contributed by atoms with E-state index in [0.29, 0.717) is 51.8 Å². The van der Waals surface area contributed by atoms with Crippen LogP contribution in [0.15, 0.2) is 29.8 Å². The Morgan fingerprint density at radius 2 is 1.90 bits per heavy atom. The third kappa shape index (κ3) is 7.89. The van der Waals surface area contributed by atoms with E-state index in [1.165, 1.54) is 10.5 Å². The Morgan fingerprint density at radius 1 is 1.12 bits per heavy atom. The topological polar surface area (TPSA) is 158 Å². The number of ether oxygens (including phenoxy) is 4. The van der Waals surface area contributed by atoms with Crippen LogP contribution in [0.3, 0.4) is 0 Å². The van der Waals surface area contributed by atoms with Gasteiger partial charge >= 0.3 is 6.09 Å². The Balaban J connectivity index is 1.07. The number of carbonyl (C=O) groups excluding carboxylic acids is 3. The highest BCUT2D eigenvalue weighted by atomic mass is 35.5. The minimum absolute atomic E-state index is 0.0971. The van der Waals surface area contributed by atoms with Crippen LogP contribution in [0.5, 0.6) is 11.5 Å². The molecule has 5 atom stereocenters. The van der Waals surface area contributed by atoms with E-state index in [9.17, 15) is 14.4 Å². The van der Waals surface area contributed by atoms with E-state index in [4.69, 9.17) is 41.3 Å². The number of pyridine rings is 1. The number of benzene rings is 1. The average molecular weight is 711 g/mol. The maximum Gasteiger partial charge on any atom is 0.408 e. The van der Waals surface area contributed by atoms with Crippen LogP contribution in [-0.2, 0) is 19.1 Å². The van der Waals surface area contributed by atoms with Crippen molar-refractivity contribution >= 4 is 46.2 Å². The van der Waals surface area contributed by atoms with Gasteiger partial charge in [-0.1, -0.05) is 44.0 Å². The predicted molar refractivity (Wildman–Crippen MR) is 187 cm³/mol. The van der Waals surface area contributed by atoms with Gasteiger partial charge in [-0.15, -0.1) is 0 Å². The van der Waals surface area contributed by atoms with Crippen molar-refractivity contribution in [3.8, 4) is 11.5 Å². The number of halogens is 1. The van der Waals surface area contributed by atoms with Gasteiger partial charge in [0.25, 0.3) is 0 Å². The number of carbonyl (C=O) groups is 3. The van der Waals surface area contributed by atoms with E-state index in [1.807, 2.05) is 39.0 Å². The first kappa shape index (κ1) is 34.6. The maximum atomic E-state index is 14.1. The minimum atomic E-state index is -0.956. The fraction of sp³-hybridized carbons (Fsp3) is 0.611. The Labute approximate surface area is 297 Å². The van der Waals surface area contributed by atoms with Gasteiger partial charge in [0.1, 0.15) is 53.2 Å². The van der Waals surface area contributed by atoms with Gasteiger partial charge in [-0.3, -0.25) is 14.5 Å². The summed E-state index contributed by atoms with van der Waals surface area (Å²) in [5, 5.41) is 7.29. The second-order valence-corrected chi connectivity index (χ2v) is 15.5. The highest BCUT2D eigenvalue weighted by molar-refractivity contribution is 6.36. The Bertz CT molecular complexity index is 1670. The fourth-order valence-corrected chi connectivity index (χ4v) is 7.36. The van der Waals surface area contributed by atoms with Gasteiger partial charge in [-0.25, -0.2) is 9.78 Å². The molecule has 4 N–H and O–H groups in total. The highest BCUT2D eigenvalue weighted by Gasteiger charge is 2.46. The minimum Gasteiger partial charge on any atom is -0.491 e. The molecule has 2 saturated heterocycles. The number of fused-ring (bicyclic) bond motifs is 2. The number of anilines is 1. The molecule has 13 nitrogen and oxygen atoms in total. The Morgan fingerprint density at radius 3 is 2.58 bits per heavy atom. The summed E-state index contributed by atoms with van der Waals surface area (Å²) in [6.07, 6.45) is 4.57. The molecule has 0 radical (unpaired) electrons. The van der Waals surface area contributed by atoms with Crippen LogP contribution in [0.2, 0.25) is 5.02 Å². The van der Waals surface area contributed by atoms with E-state index in [-0.39, 0.29) is 19.1 Å². The Hall–Kier alpha value is -3.81. The number of alkyl carbamates (subject to hydrolysis) is 1. The van der Waals surface area contributed by atoms with E-state index in [1.54, 1.807) is 0 Å². The van der Waals surface area contributed by atoms with E-state index < -0.39 is 41.5 Å². The lowest BCUT2D eigenvalue weighted by atomic mass is 9.85. The van der Waals surface area contributed by atoms with E-state index >= 15 is 0 Å². The van der Waals surface area contributed by atoms with Gasteiger partial charge < -0.3 is 40.2 Å². The first-order valence-electron chi connectivity index (χ1n) is 17.7. The fourth-order valence-electron chi connectivity index (χ4n) is 7.10. The molecule has 50 heavy (non-hydrogen) atoms. The zero-order valence-electron chi connectivity index (χ0n) is 28.9. The number of primary amides is 1. The molecular weight excluding hydrogens is 664 g/mol. The lowest BCUT2D eigenvalue weighted by molar-refractivity contribution is -0.141. The second-order valence-electron chi connectivity index (χ2n) is 15.1. The summed E-state index contributed by atoms with van der Waals surface area (Å²) in [5.74, 6) is 1.05. The summed E-state index contributed by atoms with van der Waals surface area (Å²) >= 11 is 6.92. The first-order chi connectivity index (χ1) is 23.9. The highest BCUT2D eigenvalue weighted by Crippen LogP contribution is 2.45. The van der Waals surface area contributed by atoms with Gasteiger partial charge in [-0.05, 0) is 36.8 Å². The second kappa shape index (κ2) is 14.1. The Kier molecular flexibility index (Phi) is 9.75. The van der Waals surface area contributed by atoms with Crippen LogP contribution in [0.1, 0.15) is 52.9 Å². The van der Waals surface area contributed by atoms with Crippen LogP contribution in [0.25, 0.3) is 10.9 Å². The molecule has 2 aromatic rings. The van der Waals surface area contributed by atoms with Crippen molar-refractivity contribution < 1.29 is 33.3 Å². The molecule has 14 heteroatoms. The van der Waals surface area contributed by atoms with Crippen molar-refractivity contribution in [2.75, 3.05) is 51.3 Å². The number of likely N-dealkylation sites (tertiary alicyclic amines) is 1. The van der Waals surface area contributed by atoms with Crippen molar-refractivity contribution in [3.05, 3.63) is 34.9 Å². The van der Waals surface area contributed by atoms with Crippen molar-refractivity contribution in [1.82, 2.24) is 20.1 Å². The number of hydrogen-bond donors (Lipinski definition) is 3. The summed E-state index contributed by atoms with van der Waals surface area (Å²) in [6, 6.07) is 3.96. The number of morpholine rings is 1. The van der Waals surface area contributed by atoms with Crippen LogP contribution >= 0.6 is 11.6 Å². The van der Waals surface area contributed by atoms with Crippen molar-refractivity contribution in [1.29, 1.82) is 0 Å². The number of nitrogens with zero attached hydrogens (tertiary/aromatic N) is 3. The molecule has 0 bridgehead atoms. The molecule has 3 heterocycles. The van der Waals surface area contributed by atoms with Crippen LogP contribution in [-0.4, -0.2) is 109 Å². The number of amides is 3. The molecule has 4 fully saturated rings. The van der Waals surface area contributed by atoms with Gasteiger partial charge in [0.2, 0.25) is 11.8 Å². The number of aromatic nitrogens is 1. The molecule has 270 valence electrons. The van der Waals surface area contributed by atoms with Gasteiger partial charge in [0.05, 0.1) is 25.3 Å². The third-order valence-corrected chi connectivity index (χ3v) is 10.5. The van der Waals surface area contributed by atoms with Crippen LogP contribution in [0.4, 0.5) is 10.6 Å². The van der Waals surface area contributed by atoms with Crippen LogP contribution in [0, 0.1) is 11.3 Å². The van der Waals surface area contributed by atoms with Crippen molar-refractivity contribution in [2.45, 2.75) is 83.2 Å². The average Bonchev–Trinajstić information content (AvgIpc) is 3.95. The molecule has 1 aromatic carbocycles. The zero-order chi connectivity index (χ0) is 35.2.